The maximum atomic E-state index is 12.1. The normalized spacial score (nSPS) is 10.6. The van der Waals surface area contributed by atoms with Crippen molar-refractivity contribution in [2.24, 2.45) is 5.73 Å². The lowest BCUT2D eigenvalue weighted by Crippen LogP contribution is -2.24. The molecule has 0 bridgehead atoms. The van der Waals surface area contributed by atoms with Gasteiger partial charge in [0.25, 0.3) is 0 Å². The molecule has 1 heterocycles. The summed E-state index contributed by atoms with van der Waals surface area (Å²) in [6.45, 7) is 0.350. The molecule has 0 atom stereocenters. The van der Waals surface area contributed by atoms with Gasteiger partial charge in [-0.15, -0.1) is 0 Å². The quantitative estimate of drug-likeness (QED) is 0.633. The standard InChI is InChI=1S/C20H19N4O2/c21-17-9-5-13(11-23-17)12-24-18(25)10-8-15-7-6-14-3-1-2-4-16(14)19(15)20(22)26/h1-7,9-11H,8,12H2,(H2,21,23)(H2,22,26)(H,24,25). The van der Waals surface area contributed by atoms with Gasteiger partial charge in [-0.2, -0.15) is 0 Å². The van der Waals surface area contributed by atoms with E-state index in [0.29, 0.717) is 24.3 Å². The van der Waals surface area contributed by atoms with Gasteiger partial charge in [0.1, 0.15) is 5.82 Å². The van der Waals surface area contributed by atoms with Crippen LogP contribution in [0.15, 0.2) is 54.7 Å². The molecule has 6 heteroatoms. The van der Waals surface area contributed by atoms with Crippen LogP contribution in [0.2, 0.25) is 0 Å². The number of nitrogens with zero attached hydrogens (tertiary/aromatic N) is 1. The van der Waals surface area contributed by atoms with E-state index in [0.717, 1.165) is 21.9 Å². The van der Waals surface area contributed by atoms with Crippen LogP contribution in [-0.2, 0) is 17.8 Å². The second kappa shape index (κ2) is 7.65. The summed E-state index contributed by atoms with van der Waals surface area (Å²) in [5.41, 5.74) is 13.1. The van der Waals surface area contributed by atoms with Gasteiger partial charge in [0.05, 0.1) is 12.0 Å². The van der Waals surface area contributed by atoms with E-state index in [-0.39, 0.29) is 5.91 Å². The van der Waals surface area contributed by atoms with Crippen molar-refractivity contribution < 1.29 is 9.59 Å². The molecule has 26 heavy (non-hydrogen) atoms. The number of hydrogen-bond acceptors (Lipinski definition) is 4. The van der Waals surface area contributed by atoms with Crippen molar-refractivity contribution in [3.05, 3.63) is 77.8 Å². The largest absolute Gasteiger partial charge is 0.384 e. The number of hydrogen-bond donors (Lipinski definition) is 3. The number of nitrogens with one attached hydrogen (secondary N) is 1. The second-order valence-corrected chi connectivity index (χ2v) is 5.90. The molecule has 0 saturated carbocycles. The molecule has 6 nitrogen and oxygen atoms in total. The van der Waals surface area contributed by atoms with E-state index >= 15 is 0 Å². The van der Waals surface area contributed by atoms with Crippen LogP contribution < -0.4 is 16.8 Å². The van der Waals surface area contributed by atoms with E-state index in [1.807, 2.05) is 36.4 Å². The molecule has 2 amide bonds. The highest BCUT2D eigenvalue weighted by atomic mass is 16.1. The second-order valence-electron chi connectivity index (χ2n) is 5.90. The molecular formula is C20H19N4O2. The van der Waals surface area contributed by atoms with E-state index in [9.17, 15) is 9.59 Å². The smallest absolute Gasteiger partial charge is 0.249 e. The number of amides is 2. The summed E-state index contributed by atoms with van der Waals surface area (Å²) in [6.07, 6.45) is 3.43. The van der Waals surface area contributed by atoms with Crippen molar-refractivity contribution >= 4 is 28.4 Å². The summed E-state index contributed by atoms with van der Waals surface area (Å²) < 4.78 is 0. The lowest BCUT2D eigenvalue weighted by atomic mass is 9.95. The van der Waals surface area contributed by atoms with Crippen molar-refractivity contribution in [1.82, 2.24) is 10.3 Å². The van der Waals surface area contributed by atoms with E-state index in [1.54, 1.807) is 18.3 Å². The van der Waals surface area contributed by atoms with Gasteiger partial charge in [-0.05, 0) is 34.4 Å². The Kier molecular flexibility index (Phi) is 5.12. The first kappa shape index (κ1) is 17.4. The van der Waals surface area contributed by atoms with E-state index in [4.69, 9.17) is 11.5 Å². The first-order chi connectivity index (χ1) is 12.5. The third-order valence-electron chi connectivity index (χ3n) is 4.08. The summed E-state index contributed by atoms with van der Waals surface area (Å²) in [6, 6.07) is 14.8. The first-order valence-corrected chi connectivity index (χ1v) is 8.16. The van der Waals surface area contributed by atoms with Crippen LogP contribution in [0.3, 0.4) is 0 Å². The Morgan fingerprint density at radius 1 is 1.08 bits per heavy atom. The summed E-state index contributed by atoms with van der Waals surface area (Å²) in [7, 11) is 0. The van der Waals surface area contributed by atoms with Gasteiger partial charge in [-0.1, -0.05) is 42.5 Å². The fourth-order valence-electron chi connectivity index (χ4n) is 2.78. The van der Waals surface area contributed by atoms with Gasteiger partial charge in [0, 0.05) is 12.7 Å². The fourth-order valence-corrected chi connectivity index (χ4v) is 2.78. The topological polar surface area (TPSA) is 111 Å². The number of carbonyl (C=O) groups excluding carboxylic acids is 2. The number of aromatic nitrogens is 1. The molecule has 0 aliphatic rings. The molecule has 131 valence electrons. The van der Waals surface area contributed by atoms with Crippen molar-refractivity contribution in [2.75, 3.05) is 5.73 Å². The van der Waals surface area contributed by atoms with Gasteiger partial charge < -0.3 is 16.8 Å². The lowest BCUT2D eigenvalue weighted by molar-refractivity contribution is -0.118. The summed E-state index contributed by atoms with van der Waals surface area (Å²) in [5, 5.41) is 4.51. The minimum Gasteiger partial charge on any atom is -0.384 e. The summed E-state index contributed by atoms with van der Waals surface area (Å²) in [4.78, 5) is 28.0. The monoisotopic (exact) mass is 347 g/mol. The minimum absolute atomic E-state index is 0.231. The molecule has 5 N–H and O–H groups in total. The van der Waals surface area contributed by atoms with Crippen LogP contribution in [0.4, 0.5) is 5.82 Å². The van der Waals surface area contributed by atoms with Gasteiger partial charge in [-0.25, -0.2) is 4.98 Å². The third kappa shape index (κ3) is 3.97. The summed E-state index contributed by atoms with van der Waals surface area (Å²) >= 11 is 0. The Bertz CT molecular complexity index is 952. The molecule has 2 aromatic carbocycles. The molecular weight excluding hydrogens is 328 g/mol. The molecule has 0 unspecified atom stereocenters. The van der Waals surface area contributed by atoms with Crippen molar-refractivity contribution in [3.8, 4) is 0 Å². The lowest BCUT2D eigenvalue weighted by Gasteiger charge is -2.11. The van der Waals surface area contributed by atoms with E-state index in [1.165, 1.54) is 6.42 Å². The molecule has 0 aliphatic carbocycles. The van der Waals surface area contributed by atoms with E-state index in [2.05, 4.69) is 10.3 Å². The number of pyridine rings is 1. The molecule has 0 saturated heterocycles. The van der Waals surface area contributed by atoms with E-state index < -0.39 is 5.91 Å². The molecule has 3 aromatic rings. The Balaban J connectivity index is 1.67. The number of anilines is 1. The first-order valence-electron chi connectivity index (χ1n) is 8.16. The maximum absolute atomic E-state index is 12.1. The highest BCUT2D eigenvalue weighted by Gasteiger charge is 2.14. The number of benzene rings is 2. The zero-order valence-electron chi connectivity index (χ0n) is 14.1. The predicted molar refractivity (Wildman–Crippen MR) is 101 cm³/mol. The Labute approximate surface area is 151 Å². The molecule has 0 spiro atoms. The highest BCUT2D eigenvalue weighted by Crippen LogP contribution is 2.23. The highest BCUT2D eigenvalue weighted by molar-refractivity contribution is 6.07. The zero-order valence-corrected chi connectivity index (χ0v) is 14.1. The number of nitrogen functional groups attached to an aromatic ring is 1. The van der Waals surface area contributed by atoms with Crippen LogP contribution in [0.1, 0.15) is 21.5 Å². The summed E-state index contributed by atoms with van der Waals surface area (Å²) in [5.74, 6) is -0.300. The maximum Gasteiger partial charge on any atom is 0.249 e. The molecule has 1 radical (unpaired) electrons. The van der Waals surface area contributed by atoms with Crippen molar-refractivity contribution in [1.29, 1.82) is 0 Å². The van der Waals surface area contributed by atoms with Gasteiger partial charge >= 0.3 is 0 Å². The van der Waals surface area contributed by atoms with Gasteiger partial charge in [0.2, 0.25) is 11.8 Å². The Hall–Kier alpha value is -3.41. The molecule has 0 aliphatic heterocycles. The van der Waals surface area contributed by atoms with Gasteiger partial charge in [0.15, 0.2) is 0 Å². The number of nitrogens with two attached hydrogens (primary N) is 2. The molecule has 3 rings (SSSR count). The average Bonchev–Trinajstić information content (AvgIpc) is 2.65. The van der Waals surface area contributed by atoms with Crippen LogP contribution in [0.5, 0.6) is 0 Å². The van der Waals surface area contributed by atoms with Crippen LogP contribution in [-0.4, -0.2) is 16.8 Å². The number of primary amides is 1. The van der Waals surface area contributed by atoms with Crippen LogP contribution >= 0.6 is 0 Å². The zero-order chi connectivity index (χ0) is 18.5. The average molecular weight is 347 g/mol. The Morgan fingerprint density at radius 2 is 1.88 bits per heavy atom. The van der Waals surface area contributed by atoms with Crippen LogP contribution in [0.25, 0.3) is 10.8 Å². The third-order valence-corrected chi connectivity index (χ3v) is 4.08. The van der Waals surface area contributed by atoms with Crippen molar-refractivity contribution in [3.63, 3.8) is 0 Å². The van der Waals surface area contributed by atoms with Gasteiger partial charge in [-0.3, -0.25) is 9.59 Å². The molecule has 0 fully saturated rings. The number of carbonyl (C=O) groups is 2. The minimum atomic E-state index is -0.501. The SMILES string of the molecule is NC(=O)c1c(C[CH]C(=O)NCc2ccc(N)nc2)ccc2ccccc12. The predicted octanol–water partition coefficient (Wildman–Crippen LogP) is 1.98. The molecule has 1 aromatic heterocycles. The Morgan fingerprint density at radius 3 is 2.62 bits per heavy atom. The van der Waals surface area contributed by atoms with Crippen LogP contribution in [0, 0.1) is 6.42 Å². The number of rotatable bonds is 6. The number of fused-ring (bicyclic) bond motifs is 1. The fraction of sp³-hybridized carbons (Fsp3) is 0.100. The van der Waals surface area contributed by atoms with Crippen molar-refractivity contribution in [2.45, 2.75) is 13.0 Å².